The van der Waals surface area contributed by atoms with Gasteiger partial charge in [0.1, 0.15) is 0 Å². The van der Waals surface area contributed by atoms with Crippen LogP contribution in [0, 0.1) is 0 Å². The Bertz CT molecular complexity index is 806. The third-order valence-corrected chi connectivity index (χ3v) is 6.31. The monoisotopic (exact) mass is 399 g/mol. The van der Waals surface area contributed by atoms with Gasteiger partial charge in [-0.2, -0.15) is 0 Å². The zero-order valence-electron chi connectivity index (χ0n) is 15.9. The van der Waals surface area contributed by atoms with Crippen molar-refractivity contribution in [2.45, 2.75) is 31.9 Å². The van der Waals surface area contributed by atoms with Crippen LogP contribution in [0.2, 0.25) is 0 Å². The molecular formula is C18H25NO7S. The second-order valence-electron chi connectivity index (χ2n) is 6.50. The van der Waals surface area contributed by atoms with E-state index in [0.29, 0.717) is 23.5 Å². The van der Waals surface area contributed by atoms with Gasteiger partial charge in [-0.25, -0.2) is 8.42 Å². The Morgan fingerprint density at radius 2 is 1.89 bits per heavy atom. The minimum atomic E-state index is -3.10. The maximum absolute atomic E-state index is 12.4. The van der Waals surface area contributed by atoms with Gasteiger partial charge in [0.05, 0.1) is 32.1 Å². The number of hydrogen-bond acceptors (Lipinski definition) is 7. The number of amides is 1. The van der Waals surface area contributed by atoms with Gasteiger partial charge in [-0.05, 0) is 31.0 Å². The van der Waals surface area contributed by atoms with Crippen LogP contribution < -0.4 is 9.47 Å². The lowest BCUT2D eigenvalue weighted by atomic mass is 10.1. The molecule has 0 saturated carbocycles. The van der Waals surface area contributed by atoms with Crippen LogP contribution in [-0.2, 0) is 30.6 Å². The molecule has 0 radical (unpaired) electrons. The van der Waals surface area contributed by atoms with Gasteiger partial charge in [0.2, 0.25) is 0 Å². The molecular weight excluding hydrogens is 374 g/mol. The average Bonchev–Trinajstić information content (AvgIpc) is 2.99. The van der Waals surface area contributed by atoms with Crippen molar-refractivity contribution in [3.05, 3.63) is 23.8 Å². The van der Waals surface area contributed by atoms with Crippen molar-refractivity contribution in [3.8, 4) is 11.5 Å². The molecule has 27 heavy (non-hydrogen) atoms. The van der Waals surface area contributed by atoms with Crippen LogP contribution in [0.15, 0.2) is 18.2 Å². The number of ether oxygens (including phenoxy) is 3. The SMILES string of the molecule is COc1ccc(CC(=O)O[C@H](C)C(=O)N(C)[C@@H]2CCS(=O)(=O)C2)cc1OC. The van der Waals surface area contributed by atoms with E-state index in [1.165, 1.54) is 33.1 Å². The number of sulfone groups is 1. The number of nitrogens with zero attached hydrogens (tertiary/aromatic N) is 1. The predicted molar refractivity (Wildman–Crippen MR) is 98.6 cm³/mol. The van der Waals surface area contributed by atoms with E-state index in [4.69, 9.17) is 14.2 Å². The lowest BCUT2D eigenvalue weighted by molar-refractivity contribution is -0.158. The van der Waals surface area contributed by atoms with Gasteiger partial charge in [-0.1, -0.05) is 6.07 Å². The number of rotatable bonds is 7. The molecule has 1 fully saturated rings. The predicted octanol–water partition coefficient (Wildman–Crippen LogP) is 0.824. The highest BCUT2D eigenvalue weighted by Gasteiger charge is 2.34. The molecule has 9 heteroatoms. The van der Waals surface area contributed by atoms with Crippen molar-refractivity contribution >= 4 is 21.7 Å². The van der Waals surface area contributed by atoms with Gasteiger partial charge in [0.25, 0.3) is 5.91 Å². The van der Waals surface area contributed by atoms with Crippen molar-refractivity contribution in [1.82, 2.24) is 4.90 Å². The van der Waals surface area contributed by atoms with Crippen molar-refractivity contribution < 1.29 is 32.2 Å². The van der Waals surface area contributed by atoms with Gasteiger partial charge in [0.15, 0.2) is 27.4 Å². The first-order valence-electron chi connectivity index (χ1n) is 8.54. The number of carbonyl (C=O) groups is 2. The summed E-state index contributed by atoms with van der Waals surface area (Å²) in [6.45, 7) is 1.48. The van der Waals surface area contributed by atoms with Gasteiger partial charge in [-0.3, -0.25) is 9.59 Å². The van der Waals surface area contributed by atoms with E-state index in [1.807, 2.05) is 0 Å². The fourth-order valence-corrected chi connectivity index (χ4v) is 4.77. The lowest BCUT2D eigenvalue weighted by Gasteiger charge is -2.26. The normalized spacial score (nSPS) is 19.2. The van der Waals surface area contributed by atoms with Gasteiger partial charge < -0.3 is 19.1 Å². The van der Waals surface area contributed by atoms with E-state index < -0.39 is 27.8 Å². The van der Waals surface area contributed by atoms with Crippen LogP contribution in [0.25, 0.3) is 0 Å². The van der Waals surface area contributed by atoms with Crippen LogP contribution in [0.1, 0.15) is 18.9 Å². The molecule has 2 atom stereocenters. The summed E-state index contributed by atoms with van der Waals surface area (Å²) in [5.41, 5.74) is 0.660. The number of benzene rings is 1. The van der Waals surface area contributed by atoms with E-state index in [9.17, 15) is 18.0 Å². The summed E-state index contributed by atoms with van der Waals surface area (Å²) < 4.78 is 38.7. The van der Waals surface area contributed by atoms with Crippen molar-refractivity contribution in [3.63, 3.8) is 0 Å². The molecule has 1 heterocycles. The molecule has 8 nitrogen and oxygen atoms in total. The highest BCUT2D eigenvalue weighted by Crippen LogP contribution is 2.27. The van der Waals surface area contributed by atoms with E-state index >= 15 is 0 Å². The first kappa shape index (κ1) is 21.0. The Labute approximate surface area is 159 Å². The minimum absolute atomic E-state index is 0.0283. The van der Waals surface area contributed by atoms with Crippen molar-refractivity contribution in [2.24, 2.45) is 0 Å². The summed E-state index contributed by atoms with van der Waals surface area (Å²) in [6, 6.07) is 4.69. The summed E-state index contributed by atoms with van der Waals surface area (Å²) in [4.78, 5) is 26.0. The molecule has 1 aliphatic heterocycles. The van der Waals surface area contributed by atoms with Gasteiger partial charge >= 0.3 is 5.97 Å². The first-order chi connectivity index (χ1) is 12.7. The molecule has 1 saturated heterocycles. The third kappa shape index (κ3) is 5.35. The van der Waals surface area contributed by atoms with E-state index in [2.05, 4.69) is 0 Å². The Balaban J connectivity index is 1.94. The Kier molecular flexibility index (Phi) is 6.69. The fourth-order valence-electron chi connectivity index (χ4n) is 2.99. The molecule has 1 aromatic carbocycles. The third-order valence-electron chi connectivity index (χ3n) is 4.56. The molecule has 0 aliphatic carbocycles. The second kappa shape index (κ2) is 8.60. The molecule has 150 valence electrons. The number of esters is 1. The van der Waals surface area contributed by atoms with E-state index in [-0.39, 0.29) is 24.0 Å². The summed E-state index contributed by atoms with van der Waals surface area (Å²) >= 11 is 0. The second-order valence-corrected chi connectivity index (χ2v) is 8.73. The molecule has 1 amide bonds. The number of methoxy groups -OCH3 is 2. The Hall–Kier alpha value is -2.29. The molecule has 2 rings (SSSR count). The fraction of sp³-hybridized carbons (Fsp3) is 0.556. The zero-order valence-corrected chi connectivity index (χ0v) is 16.7. The van der Waals surface area contributed by atoms with E-state index in [1.54, 1.807) is 18.2 Å². The molecule has 0 N–H and O–H groups in total. The molecule has 1 aliphatic rings. The largest absolute Gasteiger partial charge is 0.493 e. The van der Waals surface area contributed by atoms with Crippen molar-refractivity contribution in [1.29, 1.82) is 0 Å². The van der Waals surface area contributed by atoms with Crippen molar-refractivity contribution in [2.75, 3.05) is 32.8 Å². The lowest BCUT2D eigenvalue weighted by Crippen LogP contribution is -2.44. The van der Waals surface area contributed by atoms with Crippen LogP contribution >= 0.6 is 0 Å². The molecule has 0 aromatic heterocycles. The van der Waals surface area contributed by atoms with Crippen LogP contribution in [-0.4, -0.2) is 70.1 Å². The van der Waals surface area contributed by atoms with Crippen LogP contribution in [0.3, 0.4) is 0 Å². The molecule has 0 unspecified atom stereocenters. The molecule has 1 aromatic rings. The van der Waals surface area contributed by atoms with Crippen LogP contribution in [0.5, 0.6) is 11.5 Å². The first-order valence-corrected chi connectivity index (χ1v) is 10.4. The minimum Gasteiger partial charge on any atom is -0.493 e. The standard InChI is InChI=1S/C18H25NO7S/c1-12(18(21)19(2)14-7-8-27(22,23)11-14)26-17(20)10-13-5-6-15(24-3)16(9-13)25-4/h5-6,9,12,14H,7-8,10-11H2,1-4H3/t12-,14-/m1/s1. The quantitative estimate of drug-likeness (QED) is 0.626. The summed E-state index contributed by atoms with van der Waals surface area (Å²) in [5, 5.41) is 0. The number of carbonyl (C=O) groups excluding carboxylic acids is 2. The Morgan fingerprint density at radius 1 is 1.22 bits per heavy atom. The van der Waals surface area contributed by atoms with Gasteiger partial charge in [-0.15, -0.1) is 0 Å². The topological polar surface area (TPSA) is 99.2 Å². The number of hydrogen-bond donors (Lipinski definition) is 0. The average molecular weight is 399 g/mol. The highest BCUT2D eigenvalue weighted by molar-refractivity contribution is 7.91. The number of likely N-dealkylation sites (N-methyl/N-ethyl adjacent to an activating group) is 1. The smallest absolute Gasteiger partial charge is 0.311 e. The highest BCUT2D eigenvalue weighted by atomic mass is 32.2. The molecule has 0 spiro atoms. The summed E-state index contributed by atoms with van der Waals surface area (Å²) in [5.74, 6) is 0.0818. The zero-order chi connectivity index (χ0) is 20.2. The molecule has 0 bridgehead atoms. The van der Waals surface area contributed by atoms with Crippen LogP contribution in [0.4, 0.5) is 0 Å². The Morgan fingerprint density at radius 3 is 2.44 bits per heavy atom. The van der Waals surface area contributed by atoms with E-state index in [0.717, 1.165) is 0 Å². The maximum atomic E-state index is 12.4. The summed E-state index contributed by atoms with van der Waals surface area (Å²) in [6.07, 6.45) is -0.623. The van der Waals surface area contributed by atoms with Gasteiger partial charge in [0, 0.05) is 13.1 Å². The summed E-state index contributed by atoms with van der Waals surface area (Å²) in [7, 11) is 1.45. The maximum Gasteiger partial charge on any atom is 0.311 e.